The number of non-ortho nitro benzene ring substituents is 1. The number of nitro groups is 1. The summed E-state index contributed by atoms with van der Waals surface area (Å²) < 4.78 is 5.22. The molecule has 0 aliphatic rings. The second-order valence-corrected chi connectivity index (χ2v) is 4.77. The molecule has 0 unspecified atom stereocenters. The van der Waals surface area contributed by atoms with Crippen molar-refractivity contribution in [3.8, 4) is 0 Å². The summed E-state index contributed by atoms with van der Waals surface area (Å²) >= 11 is 0. The van der Waals surface area contributed by atoms with Crippen molar-refractivity contribution in [2.24, 2.45) is 0 Å². The molecule has 22 heavy (non-hydrogen) atoms. The van der Waals surface area contributed by atoms with Gasteiger partial charge in [0.15, 0.2) is 0 Å². The highest BCUT2D eigenvalue weighted by atomic mass is 16.6. The number of benzene rings is 2. The van der Waals surface area contributed by atoms with Gasteiger partial charge in [-0.3, -0.25) is 10.1 Å². The van der Waals surface area contributed by atoms with E-state index in [2.05, 4.69) is 4.98 Å². The van der Waals surface area contributed by atoms with Crippen molar-refractivity contribution in [1.29, 1.82) is 0 Å². The third-order valence-corrected chi connectivity index (χ3v) is 3.25. The normalized spacial score (nSPS) is 10.5. The van der Waals surface area contributed by atoms with Gasteiger partial charge in [0.2, 0.25) is 0 Å². The van der Waals surface area contributed by atoms with E-state index in [1.54, 1.807) is 12.1 Å². The van der Waals surface area contributed by atoms with Gasteiger partial charge >= 0.3 is 5.97 Å². The van der Waals surface area contributed by atoms with Crippen LogP contribution in [0.1, 0.15) is 16.1 Å². The van der Waals surface area contributed by atoms with Gasteiger partial charge in [-0.05, 0) is 17.7 Å². The van der Waals surface area contributed by atoms with Crippen LogP contribution in [0.5, 0.6) is 0 Å². The first-order valence-electron chi connectivity index (χ1n) is 6.62. The van der Waals surface area contributed by atoms with Gasteiger partial charge in [-0.15, -0.1) is 0 Å². The van der Waals surface area contributed by atoms with E-state index in [9.17, 15) is 14.9 Å². The summed E-state index contributed by atoms with van der Waals surface area (Å²) in [5.74, 6) is -0.497. The number of carbonyl (C=O) groups is 1. The largest absolute Gasteiger partial charge is 0.456 e. The zero-order chi connectivity index (χ0) is 15.5. The fraction of sp³-hybridized carbons (Fsp3) is 0.0625. The molecule has 6 nitrogen and oxygen atoms in total. The van der Waals surface area contributed by atoms with Gasteiger partial charge < -0.3 is 9.72 Å². The Balaban J connectivity index is 1.78. The molecule has 110 valence electrons. The second-order valence-electron chi connectivity index (χ2n) is 4.77. The minimum Gasteiger partial charge on any atom is -0.456 e. The molecule has 0 saturated carbocycles. The maximum absolute atomic E-state index is 12.0. The number of ether oxygens (including phenoxy) is 1. The summed E-state index contributed by atoms with van der Waals surface area (Å²) in [7, 11) is 0. The first kappa shape index (κ1) is 13.8. The van der Waals surface area contributed by atoms with Crippen molar-refractivity contribution in [3.63, 3.8) is 0 Å². The first-order chi connectivity index (χ1) is 10.6. The second kappa shape index (κ2) is 5.69. The molecule has 1 N–H and O–H groups in total. The highest BCUT2D eigenvalue weighted by Crippen LogP contribution is 2.22. The van der Waals surface area contributed by atoms with Crippen molar-refractivity contribution < 1.29 is 14.5 Å². The minimum atomic E-state index is -0.497. The molecule has 1 aromatic heterocycles. The van der Waals surface area contributed by atoms with Crippen molar-refractivity contribution in [1.82, 2.24) is 4.98 Å². The van der Waals surface area contributed by atoms with Crippen LogP contribution in [0.2, 0.25) is 0 Å². The summed E-state index contributed by atoms with van der Waals surface area (Å²) in [6, 6.07) is 15.3. The minimum absolute atomic E-state index is 0.0179. The molecule has 0 aliphatic heterocycles. The van der Waals surface area contributed by atoms with E-state index in [4.69, 9.17) is 4.74 Å². The lowest BCUT2D eigenvalue weighted by Crippen LogP contribution is -2.05. The fourth-order valence-electron chi connectivity index (χ4n) is 2.14. The predicted molar refractivity (Wildman–Crippen MR) is 80.5 cm³/mol. The van der Waals surface area contributed by atoms with E-state index >= 15 is 0 Å². The Bertz CT molecular complexity index is 840. The molecule has 0 radical (unpaired) electrons. The molecule has 0 bridgehead atoms. The third kappa shape index (κ3) is 2.80. The Labute approximate surface area is 125 Å². The highest BCUT2D eigenvalue weighted by Gasteiger charge is 2.13. The van der Waals surface area contributed by atoms with Crippen molar-refractivity contribution in [2.45, 2.75) is 6.61 Å². The predicted octanol–water partition coefficient (Wildman–Crippen LogP) is 3.43. The number of nitrogens with zero attached hydrogens (tertiary/aromatic N) is 1. The average molecular weight is 296 g/mol. The summed E-state index contributed by atoms with van der Waals surface area (Å²) in [5.41, 5.74) is 1.79. The number of aromatic amines is 1. The molecule has 1 heterocycles. The van der Waals surface area contributed by atoms with Crippen molar-refractivity contribution in [2.75, 3.05) is 0 Å². The van der Waals surface area contributed by atoms with Crippen molar-refractivity contribution >= 4 is 22.6 Å². The number of nitro benzene ring substituents is 1. The van der Waals surface area contributed by atoms with E-state index in [1.165, 1.54) is 12.1 Å². The van der Waals surface area contributed by atoms with E-state index in [1.807, 2.05) is 30.3 Å². The number of esters is 1. The lowest BCUT2D eigenvalue weighted by atomic mass is 10.2. The van der Waals surface area contributed by atoms with Crippen LogP contribution in [0.4, 0.5) is 5.69 Å². The number of nitrogens with one attached hydrogen (secondary N) is 1. The number of aromatic nitrogens is 1. The Morgan fingerprint density at radius 2 is 1.91 bits per heavy atom. The van der Waals surface area contributed by atoms with E-state index in [-0.39, 0.29) is 18.0 Å². The average Bonchev–Trinajstić information content (AvgIpc) is 2.96. The van der Waals surface area contributed by atoms with Gasteiger partial charge in [0.1, 0.15) is 12.3 Å². The van der Waals surface area contributed by atoms with Crippen LogP contribution in [0.25, 0.3) is 10.9 Å². The maximum atomic E-state index is 12.0. The molecule has 0 spiro atoms. The molecular weight excluding hydrogens is 284 g/mol. The van der Waals surface area contributed by atoms with Crippen molar-refractivity contribution in [3.05, 3.63) is 76.0 Å². The Hall–Kier alpha value is -3.15. The fourth-order valence-corrected chi connectivity index (χ4v) is 2.14. The molecule has 0 amide bonds. The van der Waals surface area contributed by atoms with Gasteiger partial charge in [-0.25, -0.2) is 4.79 Å². The Morgan fingerprint density at radius 1 is 1.14 bits per heavy atom. The van der Waals surface area contributed by atoms with Gasteiger partial charge in [0.05, 0.1) is 4.92 Å². The SMILES string of the molecule is O=C(OCc1ccccc1)c1cc2cc([N+](=O)[O-])ccc2[nH]1. The quantitative estimate of drug-likeness (QED) is 0.454. The zero-order valence-corrected chi connectivity index (χ0v) is 11.5. The van der Waals surface area contributed by atoms with Gasteiger partial charge in [0.25, 0.3) is 5.69 Å². The van der Waals surface area contributed by atoms with E-state index in [0.29, 0.717) is 10.9 Å². The topological polar surface area (TPSA) is 85.2 Å². The van der Waals surface area contributed by atoms with E-state index in [0.717, 1.165) is 5.56 Å². The van der Waals surface area contributed by atoms with E-state index < -0.39 is 10.9 Å². The summed E-state index contributed by atoms with van der Waals surface area (Å²) in [6.07, 6.45) is 0. The molecule has 3 aromatic rings. The van der Waals surface area contributed by atoms with Crippen LogP contribution in [-0.4, -0.2) is 15.9 Å². The molecule has 0 aliphatic carbocycles. The van der Waals surface area contributed by atoms with Crippen LogP contribution in [0.15, 0.2) is 54.6 Å². The monoisotopic (exact) mass is 296 g/mol. The highest BCUT2D eigenvalue weighted by molar-refractivity contribution is 5.95. The zero-order valence-electron chi connectivity index (χ0n) is 11.5. The van der Waals surface area contributed by atoms with Crippen LogP contribution < -0.4 is 0 Å². The van der Waals surface area contributed by atoms with Gasteiger partial charge in [0, 0.05) is 23.0 Å². The summed E-state index contributed by atoms with van der Waals surface area (Å²) in [6.45, 7) is 0.176. The summed E-state index contributed by atoms with van der Waals surface area (Å²) in [5, 5.41) is 11.3. The first-order valence-corrected chi connectivity index (χ1v) is 6.62. The van der Waals surface area contributed by atoms with Crippen LogP contribution in [0, 0.1) is 10.1 Å². The van der Waals surface area contributed by atoms with Crippen LogP contribution in [0.3, 0.4) is 0 Å². The maximum Gasteiger partial charge on any atom is 0.355 e. The molecule has 0 atom stereocenters. The Kier molecular flexibility index (Phi) is 3.57. The smallest absolute Gasteiger partial charge is 0.355 e. The van der Waals surface area contributed by atoms with Gasteiger partial charge in [-0.1, -0.05) is 30.3 Å². The molecule has 0 fully saturated rings. The molecule has 0 saturated heterocycles. The lowest BCUT2D eigenvalue weighted by molar-refractivity contribution is -0.384. The molecule has 6 heteroatoms. The number of fused-ring (bicyclic) bond motifs is 1. The number of rotatable bonds is 4. The summed E-state index contributed by atoms with van der Waals surface area (Å²) in [4.78, 5) is 25.2. The Morgan fingerprint density at radius 3 is 2.64 bits per heavy atom. The number of hydrogen-bond donors (Lipinski definition) is 1. The van der Waals surface area contributed by atoms with Crippen LogP contribution in [-0.2, 0) is 11.3 Å². The number of H-pyrrole nitrogens is 1. The third-order valence-electron chi connectivity index (χ3n) is 3.25. The number of carbonyl (C=O) groups excluding carboxylic acids is 1. The molecule has 2 aromatic carbocycles. The molecular formula is C16H12N2O4. The van der Waals surface area contributed by atoms with Gasteiger partial charge in [-0.2, -0.15) is 0 Å². The molecule has 3 rings (SSSR count). The number of hydrogen-bond acceptors (Lipinski definition) is 4. The standard InChI is InChI=1S/C16H12N2O4/c19-16(22-10-11-4-2-1-3-5-11)15-9-12-8-13(18(20)21)6-7-14(12)17-15/h1-9,17H,10H2. The van der Waals surface area contributed by atoms with Crippen LogP contribution >= 0.6 is 0 Å². The lowest BCUT2D eigenvalue weighted by Gasteiger charge is -2.02.